The first-order valence-corrected chi connectivity index (χ1v) is 14.2. The van der Waals surface area contributed by atoms with Crippen molar-refractivity contribution in [1.82, 2.24) is 39.8 Å². The highest BCUT2D eigenvalue weighted by Gasteiger charge is 2.40. The lowest BCUT2D eigenvalue weighted by atomic mass is 10.1. The van der Waals surface area contributed by atoms with Crippen LogP contribution in [0.25, 0.3) is 11.3 Å². The molecular weight excluding hydrogens is 591 g/mol. The number of alkyl halides is 3. The van der Waals surface area contributed by atoms with Crippen molar-refractivity contribution >= 4 is 35.1 Å². The van der Waals surface area contributed by atoms with Gasteiger partial charge in [0, 0.05) is 58.2 Å². The van der Waals surface area contributed by atoms with E-state index in [0.717, 1.165) is 25.9 Å². The summed E-state index contributed by atoms with van der Waals surface area (Å²) in [5.74, 6) is -1.08. The van der Waals surface area contributed by atoms with Gasteiger partial charge in [0.2, 0.25) is 0 Å². The molecule has 0 atom stereocenters. The molecule has 6 rings (SSSR count). The molecule has 0 radical (unpaired) electrons. The Balaban J connectivity index is 1.10. The fraction of sp³-hybridized carbons (Fsp3) is 0.444. The number of halogens is 4. The van der Waals surface area contributed by atoms with E-state index < -0.39 is 17.8 Å². The third-order valence-electron chi connectivity index (χ3n) is 7.81. The van der Waals surface area contributed by atoms with Crippen LogP contribution in [0.3, 0.4) is 0 Å². The van der Waals surface area contributed by atoms with Gasteiger partial charge in [-0.1, -0.05) is 11.6 Å². The van der Waals surface area contributed by atoms with Crippen molar-refractivity contribution < 1.29 is 27.6 Å². The third-order valence-corrected chi connectivity index (χ3v) is 8.12. The Morgan fingerprint density at radius 1 is 1.07 bits per heavy atom. The van der Waals surface area contributed by atoms with Gasteiger partial charge in [-0.3, -0.25) is 14.3 Å². The van der Waals surface area contributed by atoms with Gasteiger partial charge in [-0.2, -0.15) is 18.3 Å². The molecule has 3 fully saturated rings. The Morgan fingerprint density at radius 2 is 1.77 bits per heavy atom. The lowest BCUT2D eigenvalue weighted by Gasteiger charge is -2.37. The summed E-state index contributed by atoms with van der Waals surface area (Å²) in [6.07, 6.45) is -0.595. The molecule has 1 aromatic carbocycles. The largest absolute Gasteiger partial charge is 0.435 e. The standard InChI is InChI=1S/C27H29ClF3N9O3/c1-37-21(19-14-40(17-3-4-17)36-22(19)27(29,30)31)13-33-23(37)24(41)34-15-2-5-18(20(28)10-15)25(42)38-6-8-39(9-7-38)26(43)35-16-11-32-12-16/h2,5,10,13-14,16-17,32H,3-4,6-9,11-12H2,1H3,(H,34,41)(H,35,43). The van der Waals surface area contributed by atoms with Crippen molar-refractivity contribution in [2.45, 2.75) is 31.1 Å². The monoisotopic (exact) mass is 619 g/mol. The number of aromatic nitrogens is 4. The van der Waals surface area contributed by atoms with Gasteiger partial charge in [0.25, 0.3) is 11.8 Å². The number of nitrogens with zero attached hydrogens (tertiary/aromatic N) is 6. The molecule has 0 bridgehead atoms. The number of hydrogen-bond acceptors (Lipinski definition) is 6. The topological polar surface area (TPSA) is 129 Å². The Bertz CT molecular complexity index is 1570. The van der Waals surface area contributed by atoms with Crippen LogP contribution in [-0.2, 0) is 13.2 Å². The van der Waals surface area contributed by atoms with E-state index in [1.165, 1.54) is 46.9 Å². The molecule has 0 unspecified atom stereocenters. The number of rotatable bonds is 6. The van der Waals surface area contributed by atoms with Crippen LogP contribution in [0.2, 0.25) is 5.02 Å². The molecule has 3 aromatic rings. The average Bonchev–Trinajstić information content (AvgIpc) is 3.57. The van der Waals surface area contributed by atoms with Crippen molar-refractivity contribution in [1.29, 1.82) is 0 Å². The Morgan fingerprint density at radius 3 is 2.37 bits per heavy atom. The zero-order valence-electron chi connectivity index (χ0n) is 23.1. The summed E-state index contributed by atoms with van der Waals surface area (Å²) in [6, 6.07) is 4.35. The zero-order valence-corrected chi connectivity index (χ0v) is 23.9. The van der Waals surface area contributed by atoms with Crippen LogP contribution in [0.4, 0.5) is 23.7 Å². The summed E-state index contributed by atoms with van der Waals surface area (Å²) in [6.45, 7) is 2.97. The predicted molar refractivity (Wildman–Crippen MR) is 150 cm³/mol. The van der Waals surface area contributed by atoms with Crippen LogP contribution in [0.5, 0.6) is 0 Å². The Hall–Kier alpha value is -4.11. The first-order chi connectivity index (χ1) is 20.5. The van der Waals surface area contributed by atoms with Gasteiger partial charge in [-0.15, -0.1) is 0 Å². The lowest BCUT2D eigenvalue weighted by molar-refractivity contribution is -0.141. The first kappa shape index (κ1) is 29.0. The minimum absolute atomic E-state index is 0.0591. The second kappa shape index (κ2) is 11.2. The normalized spacial score (nSPS) is 17.5. The fourth-order valence-corrected chi connectivity index (χ4v) is 5.34. The quantitative estimate of drug-likeness (QED) is 0.389. The maximum atomic E-state index is 13.7. The van der Waals surface area contributed by atoms with Crippen LogP contribution in [0.15, 0.2) is 30.6 Å². The van der Waals surface area contributed by atoms with E-state index in [1.807, 2.05) is 0 Å². The van der Waals surface area contributed by atoms with Gasteiger partial charge in [0.05, 0.1) is 40.1 Å². The van der Waals surface area contributed by atoms with E-state index in [-0.39, 0.29) is 57.4 Å². The SMILES string of the molecule is Cn1c(-c2cn(C3CC3)nc2C(F)(F)F)cnc1C(=O)Nc1ccc(C(=O)N2CCN(C(=O)NC3CNC3)CC2)c(Cl)c1. The molecule has 4 heterocycles. The molecule has 1 saturated carbocycles. The number of carbonyl (C=O) groups is 3. The number of urea groups is 1. The number of nitrogens with one attached hydrogen (secondary N) is 3. The van der Waals surface area contributed by atoms with E-state index in [9.17, 15) is 27.6 Å². The highest BCUT2D eigenvalue weighted by molar-refractivity contribution is 6.34. The second-order valence-electron chi connectivity index (χ2n) is 10.9. The van der Waals surface area contributed by atoms with E-state index in [2.05, 4.69) is 26.0 Å². The van der Waals surface area contributed by atoms with Crippen LogP contribution in [-0.4, -0.2) is 92.3 Å². The number of amides is 4. The summed E-state index contributed by atoms with van der Waals surface area (Å²) < 4.78 is 43.8. The molecule has 3 aliphatic rings. The molecule has 0 spiro atoms. The molecule has 2 saturated heterocycles. The Labute approximate surface area is 249 Å². The fourth-order valence-electron chi connectivity index (χ4n) is 5.08. The van der Waals surface area contributed by atoms with Gasteiger partial charge in [0.15, 0.2) is 11.5 Å². The number of benzene rings is 1. The number of hydrogen-bond donors (Lipinski definition) is 3. The maximum absolute atomic E-state index is 13.7. The minimum Gasteiger partial charge on any atom is -0.335 e. The molecule has 3 N–H and O–H groups in total. The number of piperazine rings is 1. The zero-order chi connectivity index (χ0) is 30.5. The first-order valence-electron chi connectivity index (χ1n) is 13.8. The lowest BCUT2D eigenvalue weighted by Crippen LogP contribution is -2.61. The summed E-state index contributed by atoms with van der Waals surface area (Å²) in [4.78, 5) is 45.9. The summed E-state index contributed by atoms with van der Waals surface area (Å²) in [5.41, 5.74) is -0.569. The smallest absolute Gasteiger partial charge is 0.335 e. The van der Waals surface area contributed by atoms with Crippen molar-refractivity contribution in [3.63, 3.8) is 0 Å². The number of imidazole rings is 1. The summed E-state index contributed by atoms with van der Waals surface area (Å²) in [7, 11) is 1.45. The molecule has 43 heavy (non-hydrogen) atoms. The van der Waals surface area contributed by atoms with Gasteiger partial charge in [-0.05, 0) is 31.0 Å². The van der Waals surface area contributed by atoms with Gasteiger partial charge in [0.1, 0.15) is 0 Å². The van der Waals surface area contributed by atoms with Crippen LogP contribution in [0, 0.1) is 0 Å². The van der Waals surface area contributed by atoms with E-state index in [4.69, 9.17) is 11.6 Å². The highest BCUT2D eigenvalue weighted by atomic mass is 35.5. The highest BCUT2D eigenvalue weighted by Crippen LogP contribution is 2.41. The van der Waals surface area contributed by atoms with Crippen LogP contribution < -0.4 is 16.0 Å². The van der Waals surface area contributed by atoms with E-state index >= 15 is 0 Å². The van der Waals surface area contributed by atoms with Crippen LogP contribution >= 0.6 is 11.6 Å². The molecule has 2 aliphatic heterocycles. The second-order valence-corrected chi connectivity index (χ2v) is 11.3. The van der Waals surface area contributed by atoms with Crippen molar-refractivity contribution in [2.75, 3.05) is 44.6 Å². The van der Waals surface area contributed by atoms with Gasteiger partial charge >= 0.3 is 12.2 Å². The molecule has 4 amide bonds. The van der Waals surface area contributed by atoms with Gasteiger partial charge in [-0.25, -0.2) is 9.78 Å². The predicted octanol–water partition coefficient (Wildman–Crippen LogP) is 2.98. The molecule has 2 aromatic heterocycles. The van der Waals surface area contributed by atoms with Crippen molar-refractivity contribution in [3.05, 3.63) is 52.7 Å². The van der Waals surface area contributed by atoms with E-state index in [0.29, 0.717) is 26.2 Å². The Kier molecular flexibility index (Phi) is 7.54. The van der Waals surface area contributed by atoms with Gasteiger partial charge < -0.3 is 30.3 Å². The number of anilines is 1. The maximum Gasteiger partial charge on any atom is 0.435 e. The van der Waals surface area contributed by atoms with Crippen LogP contribution in [0.1, 0.15) is 45.6 Å². The molecule has 1 aliphatic carbocycles. The molecule has 12 nitrogen and oxygen atoms in total. The molecule has 16 heteroatoms. The summed E-state index contributed by atoms with van der Waals surface area (Å²) in [5, 5.41) is 12.6. The minimum atomic E-state index is -4.67. The van der Waals surface area contributed by atoms with Crippen molar-refractivity contribution in [3.8, 4) is 11.3 Å². The van der Waals surface area contributed by atoms with E-state index in [1.54, 1.807) is 9.80 Å². The molecule has 228 valence electrons. The van der Waals surface area contributed by atoms with Crippen molar-refractivity contribution in [2.24, 2.45) is 7.05 Å². The number of carbonyl (C=O) groups excluding carboxylic acids is 3. The summed E-state index contributed by atoms with van der Waals surface area (Å²) >= 11 is 6.42. The molecular formula is C27H29ClF3N9O3. The third kappa shape index (κ3) is 5.91. The average molecular weight is 620 g/mol.